The van der Waals surface area contributed by atoms with Gasteiger partial charge >= 0.3 is 0 Å². The molecule has 0 bridgehead atoms. The number of quaternary nitrogens is 1. The predicted octanol–water partition coefficient (Wildman–Crippen LogP) is -3.34. The molecule has 0 amide bonds. The standard InChI is InChI=1S/C7H14N2.HI/c1-7(2)9-5-4-8(3)6-9;/h4-5,7H,6H2,1-3H3;1H. The van der Waals surface area contributed by atoms with Crippen LogP contribution in [0.2, 0.25) is 0 Å². The molecule has 1 N–H and O–H groups in total. The van der Waals surface area contributed by atoms with Gasteiger partial charge in [0.15, 0.2) is 6.67 Å². The molecule has 1 rings (SSSR count). The van der Waals surface area contributed by atoms with Crippen molar-refractivity contribution in [2.75, 3.05) is 13.7 Å². The average molecular weight is 254 g/mol. The second kappa shape index (κ2) is 4.18. The van der Waals surface area contributed by atoms with Crippen molar-refractivity contribution in [1.29, 1.82) is 0 Å². The van der Waals surface area contributed by atoms with E-state index in [9.17, 15) is 0 Å². The Morgan fingerprint density at radius 1 is 1.50 bits per heavy atom. The van der Waals surface area contributed by atoms with Crippen LogP contribution in [0.25, 0.3) is 0 Å². The van der Waals surface area contributed by atoms with Crippen LogP contribution in [0.1, 0.15) is 13.8 Å². The Balaban J connectivity index is 0.000000810. The molecule has 0 aromatic carbocycles. The first kappa shape index (κ1) is 10.2. The van der Waals surface area contributed by atoms with Gasteiger partial charge in [-0.3, -0.25) is 4.90 Å². The normalized spacial score (nSPS) is 23.6. The van der Waals surface area contributed by atoms with Gasteiger partial charge in [0.25, 0.3) is 0 Å². The summed E-state index contributed by atoms with van der Waals surface area (Å²) in [5, 5.41) is 0. The minimum Gasteiger partial charge on any atom is -1.00 e. The fourth-order valence-corrected chi connectivity index (χ4v) is 0.971. The van der Waals surface area contributed by atoms with E-state index in [1.807, 2.05) is 0 Å². The summed E-state index contributed by atoms with van der Waals surface area (Å²) in [4.78, 5) is 3.79. The van der Waals surface area contributed by atoms with E-state index >= 15 is 0 Å². The van der Waals surface area contributed by atoms with E-state index in [4.69, 9.17) is 0 Å². The topological polar surface area (TPSA) is 7.68 Å². The van der Waals surface area contributed by atoms with E-state index < -0.39 is 0 Å². The summed E-state index contributed by atoms with van der Waals surface area (Å²) in [7, 11) is 2.17. The maximum absolute atomic E-state index is 2.33. The zero-order chi connectivity index (χ0) is 6.85. The molecule has 0 fully saturated rings. The molecule has 0 saturated carbocycles. The molecule has 1 aliphatic heterocycles. The molecule has 0 saturated heterocycles. The molecular weight excluding hydrogens is 239 g/mol. The Morgan fingerprint density at radius 3 is 2.30 bits per heavy atom. The van der Waals surface area contributed by atoms with Crippen LogP contribution in [-0.4, -0.2) is 24.7 Å². The van der Waals surface area contributed by atoms with Gasteiger partial charge in [0, 0.05) is 6.04 Å². The molecule has 0 aliphatic carbocycles. The Kier molecular flexibility index (Phi) is 4.28. The van der Waals surface area contributed by atoms with E-state index in [-0.39, 0.29) is 24.0 Å². The van der Waals surface area contributed by atoms with Crippen LogP contribution in [0.15, 0.2) is 12.4 Å². The van der Waals surface area contributed by atoms with Gasteiger partial charge in [-0.05, 0) is 13.8 Å². The molecule has 1 atom stereocenters. The summed E-state index contributed by atoms with van der Waals surface area (Å²) in [5.41, 5.74) is 0. The molecule has 1 aliphatic rings. The fraction of sp³-hybridized carbons (Fsp3) is 0.714. The molecule has 60 valence electrons. The molecule has 1 unspecified atom stereocenters. The smallest absolute Gasteiger partial charge is 0.156 e. The number of nitrogens with one attached hydrogen (secondary N) is 1. The van der Waals surface area contributed by atoms with Crippen LogP contribution in [0.3, 0.4) is 0 Å². The summed E-state index contributed by atoms with van der Waals surface area (Å²) < 4.78 is 0. The minimum atomic E-state index is 0. The van der Waals surface area contributed by atoms with Gasteiger partial charge in [0.1, 0.15) is 6.20 Å². The largest absolute Gasteiger partial charge is 1.00 e. The maximum Gasteiger partial charge on any atom is 0.156 e. The minimum absolute atomic E-state index is 0. The molecule has 2 nitrogen and oxygen atoms in total. The highest BCUT2D eigenvalue weighted by Crippen LogP contribution is 1.96. The molecule has 0 spiro atoms. The maximum atomic E-state index is 2.33. The second-order valence-corrected chi connectivity index (χ2v) is 2.93. The summed E-state index contributed by atoms with van der Waals surface area (Å²) in [5.74, 6) is 0. The van der Waals surface area contributed by atoms with Gasteiger partial charge in [0.2, 0.25) is 0 Å². The van der Waals surface area contributed by atoms with Crippen LogP contribution >= 0.6 is 0 Å². The lowest BCUT2D eigenvalue weighted by Crippen LogP contribution is -3.03. The first-order valence-electron chi connectivity index (χ1n) is 3.46. The molecule has 10 heavy (non-hydrogen) atoms. The first-order valence-corrected chi connectivity index (χ1v) is 3.46. The van der Waals surface area contributed by atoms with Gasteiger partial charge in [0.05, 0.1) is 13.2 Å². The van der Waals surface area contributed by atoms with Crippen molar-refractivity contribution in [2.45, 2.75) is 19.9 Å². The van der Waals surface area contributed by atoms with E-state index in [1.165, 1.54) is 4.90 Å². The van der Waals surface area contributed by atoms with Gasteiger partial charge in [-0.25, -0.2) is 0 Å². The van der Waals surface area contributed by atoms with Crippen molar-refractivity contribution in [3.05, 3.63) is 12.4 Å². The van der Waals surface area contributed by atoms with Crippen LogP contribution in [0, 0.1) is 0 Å². The van der Waals surface area contributed by atoms with Gasteiger partial charge in [-0.15, -0.1) is 0 Å². The van der Waals surface area contributed by atoms with E-state index in [1.54, 1.807) is 0 Å². The summed E-state index contributed by atoms with van der Waals surface area (Å²) in [6.45, 7) is 5.55. The lowest BCUT2D eigenvalue weighted by molar-refractivity contribution is -0.827. The monoisotopic (exact) mass is 254 g/mol. The lowest BCUT2D eigenvalue weighted by atomic mass is 10.4. The highest BCUT2D eigenvalue weighted by Gasteiger charge is 2.14. The van der Waals surface area contributed by atoms with Crippen LogP contribution in [-0.2, 0) is 0 Å². The van der Waals surface area contributed by atoms with Crippen molar-refractivity contribution >= 4 is 0 Å². The third-order valence-electron chi connectivity index (χ3n) is 1.65. The van der Waals surface area contributed by atoms with Crippen molar-refractivity contribution in [3.63, 3.8) is 0 Å². The van der Waals surface area contributed by atoms with Crippen LogP contribution < -0.4 is 28.9 Å². The van der Waals surface area contributed by atoms with Gasteiger partial charge in [-0.2, -0.15) is 0 Å². The molecule has 3 heteroatoms. The van der Waals surface area contributed by atoms with Gasteiger partial charge in [-0.1, -0.05) is 0 Å². The number of nitrogens with zero attached hydrogens (tertiary/aromatic N) is 1. The summed E-state index contributed by atoms with van der Waals surface area (Å²) >= 11 is 0. The van der Waals surface area contributed by atoms with E-state index in [0.29, 0.717) is 6.04 Å². The fourth-order valence-electron chi connectivity index (χ4n) is 0.971. The number of hydrogen-bond acceptors (Lipinski definition) is 1. The molecule has 0 aromatic heterocycles. The molecule has 0 radical (unpaired) electrons. The summed E-state index contributed by atoms with van der Waals surface area (Å²) in [6, 6.07) is 0.652. The third-order valence-corrected chi connectivity index (χ3v) is 1.65. The SMILES string of the molecule is CC(C)N1C=C[NH+](C)C1.[I-]. The van der Waals surface area contributed by atoms with Crippen molar-refractivity contribution in [1.82, 2.24) is 4.90 Å². The zero-order valence-corrected chi connectivity index (χ0v) is 8.92. The quantitative estimate of drug-likeness (QED) is 0.481. The van der Waals surface area contributed by atoms with Crippen molar-refractivity contribution < 1.29 is 28.9 Å². The Morgan fingerprint density at radius 2 is 2.10 bits per heavy atom. The predicted molar refractivity (Wildman–Crippen MR) is 37.9 cm³/mol. The first-order chi connectivity index (χ1) is 4.20. The van der Waals surface area contributed by atoms with Crippen LogP contribution in [0.4, 0.5) is 0 Å². The zero-order valence-electron chi connectivity index (χ0n) is 6.76. The number of rotatable bonds is 1. The van der Waals surface area contributed by atoms with E-state index in [0.717, 1.165) is 6.67 Å². The third kappa shape index (κ3) is 2.46. The van der Waals surface area contributed by atoms with Gasteiger partial charge < -0.3 is 28.9 Å². The Labute approximate surface area is 79.9 Å². The number of hydrogen-bond donors (Lipinski definition) is 1. The number of halogens is 1. The van der Waals surface area contributed by atoms with Crippen molar-refractivity contribution in [3.8, 4) is 0 Å². The Bertz CT molecular complexity index is 123. The van der Waals surface area contributed by atoms with Crippen molar-refractivity contribution in [2.24, 2.45) is 0 Å². The molecular formula is C7H15IN2. The molecule has 0 aromatic rings. The summed E-state index contributed by atoms with van der Waals surface area (Å²) in [6.07, 6.45) is 4.35. The highest BCUT2D eigenvalue weighted by molar-refractivity contribution is 4.79. The molecule has 1 heterocycles. The Hall–Kier alpha value is 0.230. The van der Waals surface area contributed by atoms with Crippen LogP contribution in [0.5, 0.6) is 0 Å². The average Bonchev–Trinajstić information content (AvgIpc) is 2.14. The highest BCUT2D eigenvalue weighted by atomic mass is 127. The lowest BCUT2D eigenvalue weighted by Gasteiger charge is -2.18. The second-order valence-electron chi connectivity index (χ2n) is 2.93. The van der Waals surface area contributed by atoms with E-state index in [2.05, 4.69) is 38.2 Å².